The van der Waals surface area contributed by atoms with Crippen LogP contribution in [0.1, 0.15) is 37.0 Å². The first-order chi connectivity index (χ1) is 21.4. The van der Waals surface area contributed by atoms with Crippen LogP contribution in [0.15, 0.2) is 115 Å². The smallest absolute Gasteiger partial charge is 0.250 e. The van der Waals surface area contributed by atoms with Crippen LogP contribution in [0.5, 0.6) is 0 Å². The van der Waals surface area contributed by atoms with Crippen molar-refractivity contribution >= 4 is 28.5 Å². The molecular weight excluding hydrogens is 560 g/mol. The topological polar surface area (TPSA) is 110 Å². The van der Waals surface area contributed by atoms with Crippen LogP contribution >= 0.6 is 0 Å². The van der Waals surface area contributed by atoms with Crippen molar-refractivity contribution in [1.29, 1.82) is 0 Å². The lowest BCUT2D eigenvalue weighted by Crippen LogP contribution is -2.55. The molecule has 0 saturated carbocycles. The quantitative estimate of drug-likeness (QED) is 0.208. The molecule has 7 heteroatoms. The highest BCUT2D eigenvalue weighted by Gasteiger charge is 2.35. The summed E-state index contributed by atoms with van der Waals surface area (Å²) in [5.41, 5.74) is 14.9. The Morgan fingerprint density at radius 1 is 0.711 bits per heavy atom. The first-order valence-corrected chi connectivity index (χ1v) is 15.3. The zero-order valence-corrected chi connectivity index (χ0v) is 26.6. The van der Waals surface area contributed by atoms with Crippen molar-refractivity contribution in [3.8, 4) is 0 Å². The van der Waals surface area contributed by atoms with E-state index in [4.69, 9.17) is 11.5 Å². The number of likely N-dealkylation sites (N-methyl/N-ethyl adjacent to an activating group) is 2. The molecule has 4 N–H and O–H groups in total. The molecular formula is C38H44N4O3. The van der Waals surface area contributed by atoms with Crippen molar-refractivity contribution < 1.29 is 14.4 Å². The normalized spacial score (nSPS) is 13.2. The van der Waals surface area contributed by atoms with Gasteiger partial charge >= 0.3 is 0 Å². The molecule has 0 saturated heterocycles. The minimum absolute atomic E-state index is 0.258. The fourth-order valence-electron chi connectivity index (χ4n) is 5.44. The molecule has 0 spiro atoms. The van der Waals surface area contributed by atoms with Crippen molar-refractivity contribution in [2.45, 2.75) is 57.2 Å². The van der Waals surface area contributed by atoms with Crippen molar-refractivity contribution in [2.75, 3.05) is 14.1 Å². The van der Waals surface area contributed by atoms with Crippen molar-refractivity contribution in [3.63, 3.8) is 0 Å². The predicted octanol–water partition coefficient (Wildman–Crippen LogP) is 5.06. The van der Waals surface area contributed by atoms with E-state index < -0.39 is 23.5 Å². The molecule has 4 aromatic rings. The Morgan fingerprint density at radius 2 is 1.27 bits per heavy atom. The number of nitrogens with zero attached hydrogens (tertiary/aromatic N) is 2. The van der Waals surface area contributed by atoms with Crippen LogP contribution in [0.25, 0.3) is 10.8 Å². The SMILES string of the molecule is CN(C(=O)/C(=C/CC(C)(C)N)Cc1ccccc1)[C@H](Cc1ccc2ccccc2c1)C(=O)N(C)[C@H](Cc1ccccc1)C(N)=O. The highest BCUT2D eigenvalue weighted by Crippen LogP contribution is 2.22. The number of rotatable bonds is 13. The molecule has 4 rings (SSSR count). The number of carbonyl (C=O) groups is 3. The monoisotopic (exact) mass is 604 g/mol. The summed E-state index contributed by atoms with van der Waals surface area (Å²) in [6, 6.07) is 31.5. The average molecular weight is 605 g/mol. The van der Waals surface area contributed by atoms with Crippen LogP contribution in [0.4, 0.5) is 0 Å². The molecule has 2 atom stereocenters. The van der Waals surface area contributed by atoms with E-state index in [0.717, 1.165) is 27.5 Å². The maximum atomic E-state index is 14.4. The molecule has 0 bridgehead atoms. The van der Waals surface area contributed by atoms with Gasteiger partial charge in [-0.05, 0) is 47.7 Å². The van der Waals surface area contributed by atoms with Crippen molar-refractivity contribution in [2.24, 2.45) is 11.5 Å². The third kappa shape index (κ3) is 9.13. The molecule has 0 aromatic heterocycles. The third-order valence-electron chi connectivity index (χ3n) is 8.12. The van der Waals surface area contributed by atoms with Gasteiger partial charge in [-0.25, -0.2) is 0 Å². The molecule has 0 aliphatic heterocycles. The highest BCUT2D eigenvalue weighted by molar-refractivity contribution is 5.98. The number of nitrogens with two attached hydrogens (primary N) is 2. The summed E-state index contributed by atoms with van der Waals surface area (Å²) in [4.78, 5) is 44.3. The van der Waals surface area contributed by atoms with Gasteiger partial charge in [-0.1, -0.05) is 109 Å². The summed E-state index contributed by atoms with van der Waals surface area (Å²) in [7, 11) is 3.24. The zero-order chi connectivity index (χ0) is 32.6. The summed E-state index contributed by atoms with van der Waals surface area (Å²) in [6.07, 6.45) is 3.29. The summed E-state index contributed by atoms with van der Waals surface area (Å²) in [5, 5.41) is 2.12. The number of amides is 3. The number of hydrogen-bond donors (Lipinski definition) is 2. The van der Waals surface area contributed by atoms with Gasteiger partial charge in [0.2, 0.25) is 17.7 Å². The second kappa shape index (κ2) is 14.8. The number of fused-ring (bicyclic) bond motifs is 1. The van der Waals surface area contributed by atoms with Gasteiger partial charge in [-0.15, -0.1) is 0 Å². The van der Waals surface area contributed by atoms with Gasteiger partial charge < -0.3 is 21.3 Å². The van der Waals surface area contributed by atoms with Crippen molar-refractivity contribution in [1.82, 2.24) is 9.80 Å². The van der Waals surface area contributed by atoms with Gasteiger partial charge in [-0.2, -0.15) is 0 Å². The van der Waals surface area contributed by atoms with E-state index in [0.29, 0.717) is 18.4 Å². The van der Waals surface area contributed by atoms with Crippen LogP contribution in [-0.4, -0.2) is 59.2 Å². The fraction of sp³-hybridized carbons (Fsp3) is 0.289. The Morgan fingerprint density at radius 3 is 1.87 bits per heavy atom. The molecule has 0 unspecified atom stereocenters. The lowest BCUT2D eigenvalue weighted by molar-refractivity contribution is -0.145. The van der Waals surface area contributed by atoms with Gasteiger partial charge in [0.25, 0.3) is 0 Å². The van der Waals surface area contributed by atoms with E-state index in [1.54, 1.807) is 14.1 Å². The standard InChI is InChI=1S/C38H44N4O3/c1-38(2,40)22-21-32(23-27-13-7-5-8-14-27)36(44)42(4)34(26-29-19-20-30-17-11-12-18-31(30)24-29)37(45)41(3)33(35(39)43)25-28-15-9-6-10-16-28/h5-21,24,33-34H,22-23,25-26,40H2,1-4H3,(H2,39,43)/b32-21+/t33-,34-/m1/s1. The molecule has 0 radical (unpaired) electrons. The second-order valence-corrected chi connectivity index (χ2v) is 12.5. The maximum absolute atomic E-state index is 14.4. The van der Waals surface area contributed by atoms with Gasteiger partial charge in [0.1, 0.15) is 12.1 Å². The molecule has 0 aliphatic rings. The minimum Gasteiger partial charge on any atom is -0.368 e. The summed E-state index contributed by atoms with van der Waals surface area (Å²) >= 11 is 0. The van der Waals surface area contributed by atoms with E-state index >= 15 is 0 Å². The van der Waals surface area contributed by atoms with E-state index in [2.05, 4.69) is 0 Å². The molecule has 45 heavy (non-hydrogen) atoms. The van der Waals surface area contributed by atoms with E-state index in [-0.39, 0.29) is 24.7 Å². The highest BCUT2D eigenvalue weighted by atomic mass is 16.2. The van der Waals surface area contributed by atoms with Crippen LogP contribution in [0.3, 0.4) is 0 Å². The Labute approximate surface area is 266 Å². The number of primary amides is 1. The first-order valence-electron chi connectivity index (χ1n) is 15.3. The molecule has 0 aliphatic carbocycles. The Bertz CT molecular complexity index is 1640. The lowest BCUT2D eigenvalue weighted by atomic mass is 9.95. The van der Waals surface area contributed by atoms with E-state index in [1.807, 2.05) is 123 Å². The minimum atomic E-state index is -0.897. The number of hydrogen-bond acceptors (Lipinski definition) is 4. The zero-order valence-electron chi connectivity index (χ0n) is 26.6. The average Bonchev–Trinajstić information content (AvgIpc) is 3.03. The summed E-state index contributed by atoms with van der Waals surface area (Å²) < 4.78 is 0. The molecule has 7 nitrogen and oxygen atoms in total. The second-order valence-electron chi connectivity index (χ2n) is 12.5. The molecule has 3 amide bonds. The molecule has 0 heterocycles. The molecule has 0 fully saturated rings. The Kier molecular flexibility index (Phi) is 10.9. The number of carbonyl (C=O) groups excluding carboxylic acids is 3. The van der Waals surface area contributed by atoms with E-state index in [1.165, 1.54) is 9.80 Å². The third-order valence-corrected chi connectivity index (χ3v) is 8.12. The summed E-state index contributed by atoms with van der Waals surface area (Å²) in [6.45, 7) is 3.82. The van der Waals surface area contributed by atoms with Crippen LogP contribution in [0.2, 0.25) is 0 Å². The van der Waals surface area contributed by atoms with Crippen molar-refractivity contribution in [3.05, 3.63) is 131 Å². The van der Waals surface area contributed by atoms with Crippen LogP contribution in [0, 0.1) is 0 Å². The number of benzene rings is 4. The largest absolute Gasteiger partial charge is 0.368 e. The fourth-order valence-corrected chi connectivity index (χ4v) is 5.44. The summed E-state index contributed by atoms with van der Waals surface area (Å²) in [5.74, 6) is -1.24. The lowest BCUT2D eigenvalue weighted by Gasteiger charge is -2.34. The first kappa shape index (κ1) is 33.1. The van der Waals surface area contributed by atoms with Gasteiger partial charge in [0.05, 0.1) is 0 Å². The van der Waals surface area contributed by atoms with Gasteiger partial charge in [-0.3, -0.25) is 14.4 Å². The Hall–Kier alpha value is -4.75. The van der Waals surface area contributed by atoms with Gasteiger partial charge in [0, 0.05) is 44.5 Å². The molecule has 234 valence electrons. The van der Waals surface area contributed by atoms with E-state index in [9.17, 15) is 14.4 Å². The Balaban J connectivity index is 1.71. The molecule has 4 aromatic carbocycles. The maximum Gasteiger partial charge on any atom is 0.250 e. The van der Waals surface area contributed by atoms with Crippen LogP contribution in [-0.2, 0) is 33.6 Å². The van der Waals surface area contributed by atoms with Crippen LogP contribution < -0.4 is 11.5 Å². The van der Waals surface area contributed by atoms with Gasteiger partial charge in [0.15, 0.2) is 0 Å². The predicted molar refractivity (Wildman–Crippen MR) is 181 cm³/mol.